The Hall–Kier alpha value is -8.67. The molecule has 1 aliphatic rings. The van der Waals surface area contributed by atoms with Crippen molar-refractivity contribution in [3.05, 3.63) is 230 Å². The number of aromatic nitrogens is 2. The van der Waals surface area contributed by atoms with E-state index in [1.807, 2.05) is 12.3 Å². The lowest BCUT2D eigenvalue weighted by atomic mass is 9.94. The third-order valence-corrected chi connectivity index (χ3v) is 13.9. The van der Waals surface area contributed by atoms with E-state index in [2.05, 4.69) is 240 Å². The molecule has 324 valence electrons. The normalized spacial score (nSPS) is 12.6. The molecule has 0 fully saturated rings. The first-order valence-electron chi connectivity index (χ1n) is 23.5. The van der Waals surface area contributed by atoms with Gasteiger partial charge in [0.25, 0.3) is 0 Å². The molecule has 0 unspecified atom stereocenters. The summed E-state index contributed by atoms with van der Waals surface area (Å²) in [5.41, 5.74) is 13.7. The molecule has 5 heteroatoms. The Morgan fingerprint density at radius 2 is 1.01 bits per heavy atom. The molecule has 3 aromatic heterocycles. The highest BCUT2D eigenvalue weighted by Crippen LogP contribution is 2.51. The van der Waals surface area contributed by atoms with Crippen molar-refractivity contribution < 1.29 is 4.74 Å². The quantitative estimate of drug-likeness (QED) is 0.160. The lowest BCUT2D eigenvalue weighted by Gasteiger charge is -2.27. The van der Waals surface area contributed by atoms with E-state index in [9.17, 15) is 0 Å². The van der Waals surface area contributed by atoms with Crippen molar-refractivity contribution >= 4 is 82.5 Å². The fraction of sp³-hybridized carbons (Fsp3) is 0.0635. The minimum Gasteiger partial charge on any atom is -0.457 e. The lowest BCUT2D eigenvalue weighted by molar-refractivity contribution is 0.483. The summed E-state index contributed by atoms with van der Waals surface area (Å²) in [6.45, 7) is 5.16. The Labute approximate surface area is 395 Å². The zero-order valence-electron chi connectivity index (χ0n) is 37.8. The molecule has 0 radical (unpaired) electrons. The van der Waals surface area contributed by atoms with Crippen molar-refractivity contribution in [3.63, 3.8) is 0 Å². The summed E-state index contributed by atoms with van der Waals surface area (Å²) >= 11 is 0. The van der Waals surface area contributed by atoms with Gasteiger partial charge in [-0.3, -0.25) is 4.40 Å². The van der Waals surface area contributed by atoms with Crippen molar-refractivity contribution in [3.8, 4) is 33.8 Å². The van der Waals surface area contributed by atoms with E-state index in [1.54, 1.807) is 0 Å². The van der Waals surface area contributed by atoms with Crippen LogP contribution in [0.15, 0.2) is 225 Å². The zero-order chi connectivity index (χ0) is 45.3. The summed E-state index contributed by atoms with van der Waals surface area (Å²) in [6.07, 6.45) is 1.91. The van der Waals surface area contributed by atoms with Gasteiger partial charge in [0.1, 0.15) is 23.8 Å². The van der Waals surface area contributed by atoms with Gasteiger partial charge in [-0.2, -0.15) is 0 Å². The van der Waals surface area contributed by atoms with Crippen LogP contribution in [0.3, 0.4) is 0 Å². The fourth-order valence-corrected chi connectivity index (χ4v) is 10.7. The number of anilines is 4. The number of hydrogen-bond donors (Lipinski definition) is 0. The number of para-hydroxylation sites is 2. The molecular weight excluding hydrogens is 829 g/mol. The van der Waals surface area contributed by atoms with E-state index < -0.39 is 0 Å². The average Bonchev–Trinajstić information content (AvgIpc) is 3.95. The summed E-state index contributed by atoms with van der Waals surface area (Å²) in [4.78, 5) is 10.1. The Kier molecular flexibility index (Phi) is 9.36. The molecule has 0 spiro atoms. The highest BCUT2D eigenvalue weighted by Gasteiger charge is 2.32. The van der Waals surface area contributed by atoms with Crippen LogP contribution in [0.4, 0.5) is 22.7 Å². The smallest absolute Gasteiger partial charge is 0.145 e. The zero-order valence-corrected chi connectivity index (χ0v) is 37.8. The van der Waals surface area contributed by atoms with Gasteiger partial charge in [0.05, 0.1) is 28.1 Å². The number of nitrogens with zero attached hydrogens (tertiary/aromatic N) is 4. The van der Waals surface area contributed by atoms with Gasteiger partial charge in [-0.1, -0.05) is 172 Å². The molecule has 0 saturated carbocycles. The summed E-state index contributed by atoms with van der Waals surface area (Å²) < 4.78 is 9.30. The predicted molar refractivity (Wildman–Crippen MR) is 285 cm³/mol. The van der Waals surface area contributed by atoms with Crippen LogP contribution >= 0.6 is 0 Å². The first-order chi connectivity index (χ1) is 33.6. The second-order valence-electron chi connectivity index (χ2n) is 18.1. The van der Waals surface area contributed by atoms with Crippen molar-refractivity contribution in [2.75, 3.05) is 16.5 Å². The SMILES string of the molecule is CC(C)c1ccc2c(c1)N(c1c(-c3ccccc3)cccc1-c1ccccc1)CN2c1cccc(Oc2ccc3c4cccc5c6ccccc6c6ccccc6c6cccnc6n(c3c2)c54)c1. The fourth-order valence-electron chi connectivity index (χ4n) is 10.7. The predicted octanol–water partition coefficient (Wildman–Crippen LogP) is 17.2. The number of benzene rings is 9. The summed E-state index contributed by atoms with van der Waals surface area (Å²) in [6, 6.07) is 78.7. The van der Waals surface area contributed by atoms with E-state index >= 15 is 0 Å². The summed E-state index contributed by atoms with van der Waals surface area (Å²) in [5, 5.41) is 9.30. The number of rotatable bonds is 7. The maximum atomic E-state index is 6.94. The summed E-state index contributed by atoms with van der Waals surface area (Å²) in [5.74, 6) is 1.89. The molecule has 4 heterocycles. The standard InChI is InChI=1S/C63H46N4O/c1-41(2)44-32-35-58-60(37-44)66(61-48(42-17-5-3-6-18-42)27-14-28-49(61)43-19-7-4-8-20-43)40-65(58)45-21-13-22-46(38-45)68-47-33-34-54-56-30-15-29-55-52-25-11-9-23-50(52)51-24-10-12-26-53(51)57-31-16-36-64-63(57)67(62(55)56)59(54)39-47/h3-39,41H,40H2,1-2H3. The van der Waals surface area contributed by atoms with Gasteiger partial charge in [-0.25, -0.2) is 4.98 Å². The molecule has 0 aliphatic carbocycles. The van der Waals surface area contributed by atoms with Gasteiger partial charge < -0.3 is 14.5 Å². The Bertz CT molecular complexity index is 3910. The maximum absolute atomic E-state index is 6.94. The van der Waals surface area contributed by atoms with Crippen LogP contribution < -0.4 is 14.5 Å². The molecule has 5 nitrogen and oxygen atoms in total. The van der Waals surface area contributed by atoms with Gasteiger partial charge in [0.15, 0.2) is 0 Å². The maximum Gasteiger partial charge on any atom is 0.145 e. The minimum absolute atomic E-state index is 0.372. The third kappa shape index (κ3) is 6.42. The van der Waals surface area contributed by atoms with Crippen molar-refractivity contribution in [2.24, 2.45) is 0 Å². The Morgan fingerprint density at radius 1 is 0.441 bits per heavy atom. The topological polar surface area (TPSA) is 33.0 Å². The van der Waals surface area contributed by atoms with Gasteiger partial charge in [0, 0.05) is 56.7 Å². The van der Waals surface area contributed by atoms with Gasteiger partial charge in [0.2, 0.25) is 0 Å². The molecule has 0 atom stereocenters. The van der Waals surface area contributed by atoms with E-state index in [-0.39, 0.29) is 0 Å². The second-order valence-corrected chi connectivity index (χ2v) is 18.1. The second kappa shape index (κ2) is 16.0. The van der Waals surface area contributed by atoms with E-state index in [0.717, 1.165) is 55.7 Å². The van der Waals surface area contributed by atoms with Crippen LogP contribution in [-0.4, -0.2) is 16.1 Å². The lowest BCUT2D eigenvalue weighted by Crippen LogP contribution is -2.25. The minimum atomic E-state index is 0.372. The highest BCUT2D eigenvalue weighted by atomic mass is 16.5. The van der Waals surface area contributed by atoms with Crippen LogP contribution in [0.25, 0.3) is 82.0 Å². The Morgan fingerprint density at radius 3 is 1.71 bits per heavy atom. The highest BCUT2D eigenvalue weighted by molar-refractivity contribution is 6.24. The van der Waals surface area contributed by atoms with E-state index in [0.29, 0.717) is 12.6 Å². The average molecular weight is 875 g/mol. The molecule has 0 amide bonds. The third-order valence-electron chi connectivity index (χ3n) is 13.9. The van der Waals surface area contributed by atoms with Crippen LogP contribution in [0, 0.1) is 0 Å². The number of pyridine rings is 1. The van der Waals surface area contributed by atoms with E-state index in [1.165, 1.54) is 66.1 Å². The van der Waals surface area contributed by atoms with Crippen molar-refractivity contribution in [2.45, 2.75) is 19.8 Å². The number of ether oxygens (including phenoxy) is 1. The largest absolute Gasteiger partial charge is 0.457 e. The van der Waals surface area contributed by atoms with Crippen molar-refractivity contribution in [1.29, 1.82) is 0 Å². The van der Waals surface area contributed by atoms with Crippen LogP contribution in [0.1, 0.15) is 25.3 Å². The monoisotopic (exact) mass is 874 g/mol. The van der Waals surface area contributed by atoms with Crippen LogP contribution in [-0.2, 0) is 0 Å². The van der Waals surface area contributed by atoms with Crippen molar-refractivity contribution in [1.82, 2.24) is 9.38 Å². The van der Waals surface area contributed by atoms with Gasteiger partial charge in [-0.05, 0) is 92.7 Å². The molecule has 13 rings (SSSR count). The molecule has 0 bridgehead atoms. The van der Waals surface area contributed by atoms with Crippen LogP contribution in [0.5, 0.6) is 11.5 Å². The van der Waals surface area contributed by atoms with Crippen LogP contribution in [0.2, 0.25) is 0 Å². The number of fused-ring (bicyclic) bond motifs is 11. The first kappa shape index (κ1) is 39.7. The molecule has 12 aromatic rings. The van der Waals surface area contributed by atoms with E-state index in [4.69, 9.17) is 9.72 Å². The Balaban J connectivity index is 0.958. The molecule has 0 N–H and O–H groups in total. The molecule has 9 aromatic carbocycles. The van der Waals surface area contributed by atoms with Gasteiger partial charge >= 0.3 is 0 Å². The molecule has 68 heavy (non-hydrogen) atoms. The summed E-state index contributed by atoms with van der Waals surface area (Å²) in [7, 11) is 0. The molecule has 1 aliphatic heterocycles. The molecule has 0 saturated heterocycles. The first-order valence-corrected chi connectivity index (χ1v) is 23.5. The molecular formula is C63H46N4O. The van der Waals surface area contributed by atoms with Gasteiger partial charge in [-0.15, -0.1) is 0 Å². The number of hydrogen-bond acceptors (Lipinski definition) is 4.